The standard InChI is InChI=1S/CH3N2SSi/c2-1(4)3-5/h(H3,2,3,4). The third-order valence-electron chi connectivity index (χ3n) is 0.123. The summed E-state index contributed by atoms with van der Waals surface area (Å²) < 4.78 is 0. The molecule has 0 aromatic carbocycles. The number of thiocarbonyl (C=S) groups is 1. The van der Waals surface area contributed by atoms with E-state index in [0.717, 1.165) is 0 Å². The quantitative estimate of drug-likeness (QED) is 0.302. The van der Waals surface area contributed by atoms with Crippen LogP contribution in [0.4, 0.5) is 0 Å². The summed E-state index contributed by atoms with van der Waals surface area (Å²) in [7, 11) is 2.84. The zero-order valence-corrected chi connectivity index (χ0v) is 4.30. The molecule has 0 aromatic rings. The molecule has 0 aliphatic carbocycles. The lowest BCUT2D eigenvalue weighted by atomic mass is 11.3. The molecule has 0 aliphatic rings. The van der Waals surface area contributed by atoms with Gasteiger partial charge in [-0.05, 0) is 12.2 Å². The molecule has 0 heterocycles. The molecule has 0 saturated carbocycles. The molecule has 27 valence electrons. The molecule has 0 saturated heterocycles. The molecule has 0 unspecified atom stereocenters. The molecule has 4 heteroatoms. The van der Waals surface area contributed by atoms with Gasteiger partial charge in [-0.25, -0.2) is 0 Å². The van der Waals surface area contributed by atoms with Crippen molar-refractivity contribution in [2.45, 2.75) is 0 Å². The van der Waals surface area contributed by atoms with Crippen LogP contribution in [0.1, 0.15) is 0 Å². The first-order valence-electron chi connectivity index (χ1n) is 0.993. The first kappa shape index (κ1) is 4.91. The van der Waals surface area contributed by atoms with Gasteiger partial charge in [-0.1, -0.05) is 0 Å². The first-order valence-corrected chi connectivity index (χ1v) is 1.90. The average molecular weight is 103 g/mol. The summed E-state index contributed by atoms with van der Waals surface area (Å²) in [6, 6.07) is 0. The number of rotatable bonds is 0. The molecular weight excluding hydrogens is 100 g/mol. The van der Waals surface area contributed by atoms with Crippen LogP contribution in [0.2, 0.25) is 0 Å². The Labute approximate surface area is 39.2 Å². The Morgan fingerprint density at radius 3 is 2.20 bits per heavy atom. The van der Waals surface area contributed by atoms with Crippen molar-refractivity contribution in [3.05, 3.63) is 0 Å². The van der Waals surface area contributed by atoms with Crippen molar-refractivity contribution in [2.75, 3.05) is 0 Å². The highest BCUT2D eigenvalue weighted by Crippen LogP contribution is 1.42. The number of hydrogen-bond donors (Lipinski definition) is 2. The molecule has 5 heavy (non-hydrogen) atoms. The smallest absolute Gasteiger partial charge is 0.188 e. The third kappa shape index (κ3) is 3.91. The van der Waals surface area contributed by atoms with Gasteiger partial charge >= 0.3 is 0 Å². The molecule has 0 atom stereocenters. The van der Waals surface area contributed by atoms with Gasteiger partial charge in [0.25, 0.3) is 0 Å². The summed E-state index contributed by atoms with van der Waals surface area (Å²) in [4.78, 5) is 2.34. The van der Waals surface area contributed by atoms with Crippen molar-refractivity contribution in [2.24, 2.45) is 5.73 Å². The van der Waals surface area contributed by atoms with E-state index in [-0.39, 0.29) is 5.11 Å². The van der Waals surface area contributed by atoms with Gasteiger partial charge in [-0.2, -0.15) is 0 Å². The Morgan fingerprint density at radius 1 is 2.00 bits per heavy atom. The molecule has 0 spiro atoms. The van der Waals surface area contributed by atoms with Crippen LogP contribution in [0.5, 0.6) is 0 Å². The second-order valence-corrected chi connectivity index (χ2v) is 1.18. The van der Waals surface area contributed by atoms with Gasteiger partial charge in [0.15, 0.2) is 15.5 Å². The highest BCUT2D eigenvalue weighted by atomic mass is 32.1. The van der Waals surface area contributed by atoms with E-state index >= 15 is 0 Å². The highest BCUT2D eigenvalue weighted by molar-refractivity contribution is 7.80. The molecule has 3 N–H and O–H groups in total. The van der Waals surface area contributed by atoms with E-state index in [1.807, 2.05) is 0 Å². The third-order valence-corrected chi connectivity index (χ3v) is 0.676. The zero-order chi connectivity index (χ0) is 4.28. The fraction of sp³-hybridized carbons (Fsp3) is 0. The Kier molecular flexibility index (Phi) is 2.12. The van der Waals surface area contributed by atoms with Crippen LogP contribution >= 0.6 is 12.2 Å². The number of nitrogens with one attached hydrogen (secondary N) is 1. The monoisotopic (exact) mass is 103 g/mol. The van der Waals surface area contributed by atoms with Crippen LogP contribution in [0.25, 0.3) is 0 Å². The summed E-state index contributed by atoms with van der Waals surface area (Å²) in [5, 5.41) is 0.252. The van der Waals surface area contributed by atoms with Crippen LogP contribution in [-0.4, -0.2) is 15.5 Å². The summed E-state index contributed by atoms with van der Waals surface area (Å²) in [5.41, 5.74) is 4.86. The van der Waals surface area contributed by atoms with E-state index in [0.29, 0.717) is 0 Å². The van der Waals surface area contributed by atoms with Crippen molar-refractivity contribution in [1.82, 2.24) is 4.98 Å². The van der Waals surface area contributed by atoms with Crippen LogP contribution in [0.3, 0.4) is 0 Å². The molecule has 2 nitrogen and oxygen atoms in total. The SMILES string of the molecule is NC(=S)N[Si]. The van der Waals surface area contributed by atoms with Gasteiger partial charge in [0.1, 0.15) is 0 Å². The fourth-order valence-electron chi connectivity index (χ4n) is 0. The Bertz CT molecular complexity index is 44.9. The normalized spacial score (nSPS) is 6.60. The van der Waals surface area contributed by atoms with Crippen molar-refractivity contribution in [3.63, 3.8) is 0 Å². The zero-order valence-electron chi connectivity index (χ0n) is 2.49. The van der Waals surface area contributed by atoms with Gasteiger partial charge in [-0.3, -0.25) is 0 Å². The van der Waals surface area contributed by atoms with Gasteiger partial charge in [0.2, 0.25) is 0 Å². The molecule has 0 aromatic heterocycles. The molecule has 3 radical (unpaired) electrons. The lowest BCUT2D eigenvalue weighted by Gasteiger charge is -1.84. The van der Waals surface area contributed by atoms with Gasteiger partial charge < -0.3 is 10.7 Å². The first-order chi connectivity index (χ1) is 2.27. The number of hydrogen-bond acceptors (Lipinski definition) is 1. The van der Waals surface area contributed by atoms with Crippen molar-refractivity contribution >= 4 is 27.7 Å². The maximum Gasteiger partial charge on any atom is 0.188 e. The minimum absolute atomic E-state index is 0.252. The van der Waals surface area contributed by atoms with Crippen LogP contribution in [-0.2, 0) is 0 Å². The fourth-order valence-corrected chi connectivity index (χ4v) is 0. The predicted molar refractivity (Wildman–Crippen MR) is 25.7 cm³/mol. The van der Waals surface area contributed by atoms with Gasteiger partial charge in [-0.15, -0.1) is 0 Å². The van der Waals surface area contributed by atoms with E-state index < -0.39 is 0 Å². The van der Waals surface area contributed by atoms with Gasteiger partial charge in [0, 0.05) is 0 Å². The van der Waals surface area contributed by atoms with Gasteiger partial charge in [0.05, 0.1) is 0 Å². The van der Waals surface area contributed by atoms with Crippen molar-refractivity contribution in [3.8, 4) is 0 Å². The Balaban J connectivity index is 2.85. The lowest BCUT2D eigenvalue weighted by Crippen LogP contribution is -2.25. The summed E-state index contributed by atoms with van der Waals surface area (Å²) in [5.74, 6) is 0. The molecule has 0 aliphatic heterocycles. The number of nitrogens with two attached hydrogens (primary N) is 1. The van der Waals surface area contributed by atoms with E-state index in [1.165, 1.54) is 0 Å². The lowest BCUT2D eigenvalue weighted by molar-refractivity contribution is 1.48. The van der Waals surface area contributed by atoms with Crippen LogP contribution in [0, 0.1) is 0 Å². The van der Waals surface area contributed by atoms with Crippen molar-refractivity contribution in [1.29, 1.82) is 0 Å². The van der Waals surface area contributed by atoms with Crippen LogP contribution < -0.4 is 10.7 Å². The van der Waals surface area contributed by atoms with Crippen molar-refractivity contribution < 1.29 is 0 Å². The maximum absolute atomic E-state index is 4.86. The Hall–Kier alpha value is -0.0931. The second kappa shape index (κ2) is 2.16. The summed E-state index contributed by atoms with van der Waals surface area (Å²) >= 11 is 4.31. The topological polar surface area (TPSA) is 38.0 Å². The minimum Gasteiger partial charge on any atom is -0.390 e. The van der Waals surface area contributed by atoms with Crippen LogP contribution in [0.15, 0.2) is 0 Å². The van der Waals surface area contributed by atoms with E-state index in [9.17, 15) is 0 Å². The molecular formula is CH3N2SSi. The molecule has 0 bridgehead atoms. The summed E-state index contributed by atoms with van der Waals surface area (Å²) in [6.45, 7) is 0. The average Bonchev–Trinajstić information content (AvgIpc) is 1.38. The van der Waals surface area contributed by atoms with E-state index in [2.05, 4.69) is 27.6 Å². The highest BCUT2D eigenvalue weighted by Gasteiger charge is 1.67. The van der Waals surface area contributed by atoms with E-state index in [4.69, 9.17) is 5.73 Å². The maximum atomic E-state index is 4.86. The molecule has 0 fully saturated rings. The minimum atomic E-state index is 0.252. The largest absolute Gasteiger partial charge is 0.390 e. The summed E-state index contributed by atoms with van der Waals surface area (Å²) in [6.07, 6.45) is 0. The van der Waals surface area contributed by atoms with E-state index in [1.54, 1.807) is 0 Å². The Morgan fingerprint density at radius 2 is 2.20 bits per heavy atom. The molecule has 0 rings (SSSR count). The predicted octanol–water partition coefficient (Wildman–Crippen LogP) is -1.10. The second-order valence-electron chi connectivity index (χ2n) is 0.489. The molecule has 0 amide bonds.